The van der Waals surface area contributed by atoms with Crippen LogP contribution >= 0.6 is 27.5 Å². The summed E-state index contributed by atoms with van der Waals surface area (Å²) in [6.45, 7) is 6.99. The van der Waals surface area contributed by atoms with E-state index in [-0.39, 0.29) is 22.7 Å². The number of amides is 3. The number of likely N-dealkylation sites (tertiary alicyclic amines) is 1. The van der Waals surface area contributed by atoms with Crippen LogP contribution < -0.4 is 10.6 Å². The van der Waals surface area contributed by atoms with Gasteiger partial charge in [0.2, 0.25) is 0 Å². The molecule has 27 heavy (non-hydrogen) atoms. The number of carbonyl (C=O) groups excluding carboxylic acids is 2. The van der Waals surface area contributed by atoms with Crippen LogP contribution in [0.3, 0.4) is 0 Å². The van der Waals surface area contributed by atoms with Crippen LogP contribution in [-0.4, -0.2) is 42.3 Å². The number of anilines is 1. The molecule has 0 aliphatic carbocycles. The van der Waals surface area contributed by atoms with Gasteiger partial charge in [-0.2, -0.15) is 0 Å². The highest BCUT2D eigenvalue weighted by Gasteiger charge is 2.25. The summed E-state index contributed by atoms with van der Waals surface area (Å²) in [7, 11) is 0. The normalized spacial score (nSPS) is 15.4. The van der Waals surface area contributed by atoms with Crippen molar-refractivity contribution in [3.05, 3.63) is 27.4 Å². The number of hydrogen-bond donors (Lipinski definition) is 2. The Morgan fingerprint density at radius 1 is 1.33 bits per heavy atom. The van der Waals surface area contributed by atoms with Crippen LogP contribution in [0.4, 0.5) is 19.7 Å². The first-order valence-corrected chi connectivity index (χ1v) is 9.90. The van der Waals surface area contributed by atoms with E-state index < -0.39 is 17.5 Å². The second kappa shape index (κ2) is 9.10. The Hall–Kier alpha value is -1.54. The van der Waals surface area contributed by atoms with Crippen molar-refractivity contribution in [2.75, 3.05) is 25.0 Å². The van der Waals surface area contributed by atoms with Gasteiger partial charge in [-0.1, -0.05) is 11.6 Å². The predicted molar refractivity (Wildman–Crippen MR) is 107 cm³/mol. The van der Waals surface area contributed by atoms with Crippen LogP contribution in [0.5, 0.6) is 0 Å². The zero-order chi connectivity index (χ0) is 20.2. The number of nitrogens with one attached hydrogen (secondary N) is 2. The van der Waals surface area contributed by atoms with Gasteiger partial charge >= 0.3 is 12.1 Å². The number of benzene rings is 1. The quantitative estimate of drug-likeness (QED) is 0.618. The molecule has 1 aliphatic rings. The molecule has 2 rings (SSSR count). The fraction of sp³-hybridized carbons (Fsp3) is 0.556. The smallest absolute Gasteiger partial charge is 0.407 e. The number of ether oxygens (including phenoxy) is 1. The Kier molecular flexibility index (Phi) is 7.33. The molecule has 0 saturated carbocycles. The van der Waals surface area contributed by atoms with Crippen LogP contribution in [0.1, 0.15) is 33.6 Å². The van der Waals surface area contributed by atoms with Gasteiger partial charge in [-0.25, -0.2) is 14.0 Å². The molecule has 0 atom stereocenters. The van der Waals surface area contributed by atoms with E-state index in [4.69, 9.17) is 16.3 Å². The summed E-state index contributed by atoms with van der Waals surface area (Å²) in [4.78, 5) is 25.7. The molecule has 6 nitrogen and oxygen atoms in total. The molecule has 150 valence electrons. The van der Waals surface area contributed by atoms with Gasteiger partial charge in [0.15, 0.2) is 5.82 Å². The molecule has 1 saturated heterocycles. The predicted octanol–water partition coefficient (Wildman–Crippen LogP) is 5.01. The van der Waals surface area contributed by atoms with Crippen molar-refractivity contribution >= 4 is 45.3 Å². The van der Waals surface area contributed by atoms with Crippen LogP contribution in [-0.2, 0) is 4.74 Å². The first kappa shape index (κ1) is 21.8. The van der Waals surface area contributed by atoms with E-state index in [0.717, 1.165) is 12.8 Å². The highest BCUT2D eigenvalue weighted by atomic mass is 79.9. The Balaban J connectivity index is 1.79. The van der Waals surface area contributed by atoms with E-state index in [9.17, 15) is 14.0 Å². The molecule has 0 radical (unpaired) electrons. The maximum Gasteiger partial charge on any atom is 0.407 e. The van der Waals surface area contributed by atoms with Gasteiger partial charge < -0.3 is 20.3 Å². The van der Waals surface area contributed by atoms with Crippen molar-refractivity contribution in [3.8, 4) is 0 Å². The molecular weight excluding hydrogens is 441 g/mol. The van der Waals surface area contributed by atoms with Crippen LogP contribution in [0, 0.1) is 11.7 Å². The summed E-state index contributed by atoms with van der Waals surface area (Å²) >= 11 is 8.98. The maximum absolute atomic E-state index is 14.1. The molecule has 0 bridgehead atoms. The molecular formula is C18H24BrClFN3O3. The molecule has 2 N–H and O–H groups in total. The molecule has 0 unspecified atom stereocenters. The van der Waals surface area contributed by atoms with Crippen molar-refractivity contribution < 1.29 is 18.7 Å². The summed E-state index contributed by atoms with van der Waals surface area (Å²) in [5, 5.41) is 5.25. The van der Waals surface area contributed by atoms with Gasteiger partial charge in [-0.15, -0.1) is 0 Å². The van der Waals surface area contributed by atoms with Crippen molar-refractivity contribution in [1.82, 2.24) is 10.2 Å². The van der Waals surface area contributed by atoms with E-state index in [1.807, 2.05) is 20.8 Å². The van der Waals surface area contributed by atoms with Gasteiger partial charge in [-0.05, 0) is 67.6 Å². The van der Waals surface area contributed by atoms with E-state index in [1.54, 1.807) is 11.0 Å². The number of nitrogens with zero attached hydrogens (tertiary/aromatic N) is 1. The zero-order valence-electron chi connectivity index (χ0n) is 15.6. The van der Waals surface area contributed by atoms with Gasteiger partial charge in [0, 0.05) is 24.1 Å². The molecule has 3 amide bonds. The van der Waals surface area contributed by atoms with Crippen LogP contribution in [0.15, 0.2) is 16.6 Å². The van der Waals surface area contributed by atoms with Crippen molar-refractivity contribution in [1.29, 1.82) is 0 Å². The van der Waals surface area contributed by atoms with Crippen molar-refractivity contribution in [2.24, 2.45) is 5.92 Å². The fourth-order valence-electron chi connectivity index (χ4n) is 2.70. The lowest BCUT2D eigenvalue weighted by Gasteiger charge is -2.32. The minimum atomic E-state index is -0.671. The lowest BCUT2D eigenvalue weighted by molar-refractivity contribution is 0.0512. The third-order valence-corrected chi connectivity index (χ3v) is 5.37. The SMILES string of the molecule is CC(C)(C)OC(=O)NCC1CCN(C(=O)Nc2ccc(Br)c(Cl)c2F)CC1. The van der Waals surface area contributed by atoms with E-state index in [1.165, 1.54) is 6.07 Å². The monoisotopic (exact) mass is 463 g/mol. The number of carbonyl (C=O) groups is 2. The number of piperidine rings is 1. The van der Waals surface area contributed by atoms with Gasteiger partial charge in [-0.3, -0.25) is 0 Å². The Morgan fingerprint density at radius 3 is 2.56 bits per heavy atom. The number of halogens is 3. The van der Waals surface area contributed by atoms with Gasteiger partial charge in [0.1, 0.15) is 5.60 Å². The molecule has 1 aromatic carbocycles. The fourth-order valence-corrected chi connectivity index (χ4v) is 3.17. The van der Waals surface area contributed by atoms with E-state index in [0.29, 0.717) is 24.1 Å². The molecule has 1 aromatic rings. The highest BCUT2D eigenvalue weighted by Crippen LogP contribution is 2.30. The molecule has 0 aromatic heterocycles. The molecule has 1 heterocycles. The number of alkyl carbamates (subject to hydrolysis) is 1. The lowest BCUT2D eigenvalue weighted by Crippen LogP contribution is -2.44. The number of hydrogen-bond acceptors (Lipinski definition) is 3. The third kappa shape index (κ3) is 6.53. The standard InChI is InChI=1S/C18H24BrClFN3O3/c1-18(2,3)27-17(26)22-10-11-6-8-24(9-7-11)16(25)23-13-5-4-12(19)14(20)15(13)21/h4-5,11H,6-10H2,1-3H3,(H,22,26)(H,23,25). The van der Waals surface area contributed by atoms with Crippen molar-refractivity contribution in [3.63, 3.8) is 0 Å². The van der Waals surface area contributed by atoms with Crippen LogP contribution in [0.2, 0.25) is 5.02 Å². The minimum Gasteiger partial charge on any atom is -0.444 e. The minimum absolute atomic E-state index is 0.0434. The molecule has 9 heteroatoms. The first-order valence-electron chi connectivity index (χ1n) is 8.73. The topological polar surface area (TPSA) is 70.7 Å². The number of urea groups is 1. The summed E-state index contributed by atoms with van der Waals surface area (Å²) in [6, 6.07) is 2.67. The summed E-state index contributed by atoms with van der Waals surface area (Å²) < 4.78 is 19.7. The summed E-state index contributed by atoms with van der Waals surface area (Å²) in [5.74, 6) is -0.406. The molecule has 1 aliphatic heterocycles. The maximum atomic E-state index is 14.1. The average Bonchev–Trinajstić information content (AvgIpc) is 2.59. The number of rotatable bonds is 3. The third-order valence-electron chi connectivity index (χ3n) is 4.11. The highest BCUT2D eigenvalue weighted by molar-refractivity contribution is 9.10. The van der Waals surface area contributed by atoms with Crippen LogP contribution in [0.25, 0.3) is 0 Å². The molecule has 0 spiro atoms. The van der Waals surface area contributed by atoms with Gasteiger partial charge in [0.05, 0.1) is 10.7 Å². The second-order valence-electron chi connectivity index (χ2n) is 7.47. The summed E-state index contributed by atoms with van der Waals surface area (Å²) in [6.07, 6.45) is 1.05. The van der Waals surface area contributed by atoms with E-state index >= 15 is 0 Å². The Bertz CT molecular complexity index is 704. The second-order valence-corrected chi connectivity index (χ2v) is 8.70. The van der Waals surface area contributed by atoms with E-state index in [2.05, 4.69) is 26.6 Å². The lowest BCUT2D eigenvalue weighted by atomic mass is 9.97. The largest absolute Gasteiger partial charge is 0.444 e. The first-order chi connectivity index (χ1) is 12.6. The average molecular weight is 465 g/mol. The zero-order valence-corrected chi connectivity index (χ0v) is 17.9. The van der Waals surface area contributed by atoms with Gasteiger partial charge in [0.25, 0.3) is 0 Å². The summed E-state index contributed by atoms with van der Waals surface area (Å²) in [5.41, 5.74) is -0.488. The Morgan fingerprint density at radius 2 is 1.96 bits per heavy atom. The molecule has 1 fully saturated rings. The Labute approximate surface area is 171 Å². The van der Waals surface area contributed by atoms with Crippen molar-refractivity contribution in [2.45, 2.75) is 39.2 Å².